The largest absolute Gasteiger partial charge is 0.488 e. The zero-order chi connectivity index (χ0) is 14.6. The van der Waals surface area contributed by atoms with Gasteiger partial charge in [-0.05, 0) is 44.2 Å². The van der Waals surface area contributed by atoms with E-state index >= 15 is 0 Å². The van der Waals surface area contributed by atoms with Crippen LogP contribution in [-0.4, -0.2) is 31.8 Å². The van der Waals surface area contributed by atoms with E-state index in [0.717, 1.165) is 18.6 Å². The fourth-order valence-corrected chi connectivity index (χ4v) is 2.78. The zero-order valence-electron chi connectivity index (χ0n) is 12.4. The number of hydrogen-bond donors (Lipinski definition) is 1. The molecule has 0 saturated carbocycles. The normalized spacial score (nSPS) is 19.9. The summed E-state index contributed by atoms with van der Waals surface area (Å²) in [6.45, 7) is 5.01. The molecule has 0 aromatic heterocycles. The third-order valence-electron chi connectivity index (χ3n) is 3.57. The minimum atomic E-state index is -0.157. The lowest BCUT2D eigenvalue weighted by molar-refractivity contribution is -0.124. The van der Waals surface area contributed by atoms with Crippen molar-refractivity contribution in [3.05, 3.63) is 29.8 Å². The smallest absolute Gasteiger partial charge is 0.245 e. The van der Waals surface area contributed by atoms with Gasteiger partial charge in [0.25, 0.3) is 0 Å². The molecule has 1 aromatic rings. The number of ether oxygens (including phenoxy) is 2. The van der Waals surface area contributed by atoms with E-state index in [-0.39, 0.29) is 18.1 Å². The fourth-order valence-electron chi connectivity index (χ4n) is 2.78. The predicted octanol–water partition coefficient (Wildman–Crippen LogP) is 2.48. The van der Waals surface area contributed by atoms with Gasteiger partial charge in [0.1, 0.15) is 18.0 Å². The Morgan fingerprint density at radius 2 is 2.20 bits per heavy atom. The molecule has 2 rings (SSSR count). The number of benzene rings is 1. The summed E-state index contributed by atoms with van der Waals surface area (Å²) in [5, 5.41) is 2.88. The van der Waals surface area contributed by atoms with E-state index in [4.69, 9.17) is 9.47 Å². The minimum Gasteiger partial charge on any atom is -0.488 e. The number of amides is 1. The lowest BCUT2D eigenvalue weighted by Gasteiger charge is -2.37. The number of carbonyl (C=O) groups excluding carboxylic acids is 1. The first-order chi connectivity index (χ1) is 9.52. The molecule has 1 atom stereocenters. The molecule has 1 aromatic carbocycles. The van der Waals surface area contributed by atoms with Crippen molar-refractivity contribution < 1.29 is 14.3 Å². The minimum absolute atomic E-state index is 0.0629. The highest BCUT2D eigenvalue weighted by Crippen LogP contribution is 2.41. The molecule has 110 valence electrons. The standard InChI is InChI=1S/C16H23NO3/c1-16(2)10-12(8-9-17-15(18)11-19-3)13-6-4-5-7-14(13)20-16/h4-7,12H,8-11H2,1-3H3,(H,17,18)/t12-/m0/s1. The summed E-state index contributed by atoms with van der Waals surface area (Å²) in [6.07, 6.45) is 1.88. The summed E-state index contributed by atoms with van der Waals surface area (Å²) >= 11 is 0. The Hall–Kier alpha value is -1.55. The van der Waals surface area contributed by atoms with Crippen LogP contribution in [0.4, 0.5) is 0 Å². The lowest BCUT2D eigenvalue weighted by Crippen LogP contribution is -2.36. The molecule has 0 aliphatic carbocycles. The Labute approximate surface area is 120 Å². The van der Waals surface area contributed by atoms with Crippen LogP contribution in [0.15, 0.2) is 24.3 Å². The van der Waals surface area contributed by atoms with Crippen molar-refractivity contribution in [3.63, 3.8) is 0 Å². The molecule has 20 heavy (non-hydrogen) atoms. The van der Waals surface area contributed by atoms with E-state index in [9.17, 15) is 4.79 Å². The molecule has 0 radical (unpaired) electrons. The molecule has 0 spiro atoms. The second-order valence-electron chi connectivity index (χ2n) is 5.87. The Bertz CT molecular complexity index is 471. The SMILES string of the molecule is COCC(=O)NCC[C@H]1CC(C)(C)Oc2ccccc21. The molecular formula is C16H23NO3. The van der Waals surface area contributed by atoms with Gasteiger partial charge in [-0.2, -0.15) is 0 Å². The van der Waals surface area contributed by atoms with Crippen molar-refractivity contribution in [1.82, 2.24) is 5.32 Å². The second kappa shape index (κ2) is 6.27. The Kier molecular flexibility index (Phi) is 4.65. The van der Waals surface area contributed by atoms with Crippen LogP contribution in [0.5, 0.6) is 5.75 Å². The molecule has 0 bridgehead atoms. The highest BCUT2D eigenvalue weighted by Gasteiger charge is 2.33. The van der Waals surface area contributed by atoms with Gasteiger partial charge >= 0.3 is 0 Å². The number of hydrogen-bond acceptors (Lipinski definition) is 3. The quantitative estimate of drug-likeness (QED) is 0.899. The Balaban J connectivity index is 1.99. The van der Waals surface area contributed by atoms with Gasteiger partial charge < -0.3 is 14.8 Å². The third kappa shape index (κ3) is 3.73. The first kappa shape index (κ1) is 14.9. The molecule has 0 unspecified atom stereocenters. The average molecular weight is 277 g/mol. The molecule has 0 fully saturated rings. The molecule has 4 heteroatoms. The van der Waals surface area contributed by atoms with E-state index < -0.39 is 0 Å². The summed E-state index contributed by atoms with van der Waals surface area (Å²) in [4.78, 5) is 11.4. The number of rotatable bonds is 5. The first-order valence-corrected chi connectivity index (χ1v) is 7.05. The van der Waals surface area contributed by atoms with Gasteiger partial charge in [-0.25, -0.2) is 0 Å². The highest BCUT2D eigenvalue weighted by atomic mass is 16.5. The summed E-state index contributed by atoms with van der Waals surface area (Å²) in [6, 6.07) is 8.17. The molecular weight excluding hydrogens is 254 g/mol. The van der Waals surface area contributed by atoms with Crippen LogP contribution in [0.25, 0.3) is 0 Å². The van der Waals surface area contributed by atoms with Crippen LogP contribution in [0.1, 0.15) is 38.2 Å². The number of carbonyl (C=O) groups is 1. The Morgan fingerprint density at radius 1 is 1.45 bits per heavy atom. The maximum atomic E-state index is 11.4. The van der Waals surface area contributed by atoms with E-state index in [1.165, 1.54) is 12.7 Å². The predicted molar refractivity (Wildman–Crippen MR) is 78.0 cm³/mol. The number of fused-ring (bicyclic) bond motifs is 1. The monoisotopic (exact) mass is 277 g/mol. The molecule has 4 nitrogen and oxygen atoms in total. The van der Waals surface area contributed by atoms with Crippen LogP contribution in [0.2, 0.25) is 0 Å². The van der Waals surface area contributed by atoms with Crippen molar-refractivity contribution in [2.45, 2.75) is 38.2 Å². The molecule has 1 amide bonds. The molecule has 1 aliphatic rings. The van der Waals surface area contributed by atoms with Crippen molar-refractivity contribution in [2.24, 2.45) is 0 Å². The van der Waals surface area contributed by atoms with E-state index in [1.807, 2.05) is 18.2 Å². The van der Waals surface area contributed by atoms with E-state index in [0.29, 0.717) is 12.5 Å². The van der Waals surface area contributed by atoms with Crippen molar-refractivity contribution in [3.8, 4) is 5.75 Å². The number of para-hydroxylation sites is 1. The van der Waals surface area contributed by atoms with Crippen LogP contribution in [-0.2, 0) is 9.53 Å². The average Bonchev–Trinajstić information content (AvgIpc) is 2.37. The van der Waals surface area contributed by atoms with Gasteiger partial charge in [0.15, 0.2) is 0 Å². The van der Waals surface area contributed by atoms with Gasteiger partial charge in [0.05, 0.1) is 0 Å². The van der Waals surface area contributed by atoms with Crippen molar-refractivity contribution >= 4 is 5.91 Å². The second-order valence-corrected chi connectivity index (χ2v) is 5.87. The maximum absolute atomic E-state index is 11.4. The van der Waals surface area contributed by atoms with Gasteiger partial charge in [0, 0.05) is 13.7 Å². The van der Waals surface area contributed by atoms with E-state index in [1.54, 1.807) is 0 Å². The fraction of sp³-hybridized carbons (Fsp3) is 0.562. The van der Waals surface area contributed by atoms with Gasteiger partial charge in [0.2, 0.25) is 5.91 Å². The van der Waals surface area contributed by atoms with Crippen LogP contribution >= 0.6 is 0 Å². The Morgan fingerprint density at radius 3 is 2.95 bits per heavy atom. The lowest BCUT2D eigenvalue weighted by atomic mass is 9.82. The molecule has 1 N–H and O–H groups in total. The van der Waals surface area contributed by atoms with Crippen LogP contribution in [0, 0.1) is 0 Å². The molecule has 0 saturated heterocycles. The van der Waals surface area contributed by atoms with Gasteiger partial charge in [-0.15, -0.1) is 0 Å². The highest BCUT2D eigenvalue weighted by molar-refractivity contribution is 5.77. The van der Waals surface area contributed by atoms with Gasteiger partial charge in [-0.1, -0.05) is 18.2 Å². The summed E-state index contributed by atoms with van der Waals surface area (Å²) in [5.41, 5.74) is 1.09. The molecule has 1 heterocycles. The van der Waals surface area contributed by atoms with Crippen molar-refractivity contribution in [2.75, 3.05) is 20.3 Å². The number of nitrogens with one attached hydrogen (secondary N) is 1. The number of methoxy groups -OCH3 is 1. The van der Waals surface area contributed by atoms with E-state index in [2.05, 4.69) is 25.2 Å². The van der Waals surface area contributed by atoms with Gasteiger partial charge in [-0.3, -0.25) is 4.79 Å². The maximum Gasteiger partial charge on any atom is 0.245 e. The zero-order valence-corrected chi connectivity index (χ0v) is 12.4. The van der Waals surface area contributed by atoms with Crippen LogP contribution in [0.3, 0.4) is 0 Å². The van der Waals surface area contributed by atoms with Crippen molar-refractivity contribution in [1.29, 1.82) is 0 Å². The first-order valence-electron chi connectivity index (χ1n) is 7.05. The topological polar surface area (TPSA) is 47.6 Å². The summed E-state index contributed by atoms with van der Waals surface area (Å²) in [5.74, 6) is 1.32. The third-order valence-corrected chi connectivity index (χ3v) is 3.57. The molecule has 1 aliphatic heterocycles. The summed E-state index contributed by atoms with van der Waals surface area (Å²) < 4.78 is 10.8. The van der Waals surface area contributed by atoms with Crippen LogP contribution < -0.4 is 10.1 Å². The summed E-state index contributed by atoms with van der Waals surface area (Å²) in [7, 11) is 1.52.